The van der Waals surface area contributed by atoms with Gasteiger partial charge in [-0.05, 0) is 130 Å². The van der Waals surface area contributed by atoms with Crippen LogP contribution in [0.3, 0.4) is 0 Å². The zero-order valence-electron chi connectivity index (χ0n) is 26.5. The third-order valence-corrected chi connectivity index (χ3v) is 11.2. The number of fused-ring (bicyclic) bond motifs is 1. The van der Waals surface area contributed by atoms with Crippen LogP contribution in [-0.2, 0) is 16.3 Å². The Labute approximate surface area is 273 Å². The quantitative estimate of drug-likeness (QED) is 0.141. The second-order valence-corrected chi connectivity index (χ2v) is 15.2. The molecule has 0 unspecified atom stereocenters. The average Bonchev–Trinajstić information content (AvgIpc) is 3.34. The van der Waals surface area contributed by atoms with Crippen molar-refractivity contribution in [3.8, 4) is 5.75 Å². The predicted molar refractivity (Wildman–Crippen MR) is 170 cm³/mol. The van der Waals surface area contributed by atoms with E-state index in [2.05, 4.69) is 4.90 Å². The van der Waals surface area contributed by atoms with Crippen molar-refractivity contribution < 1.29 is 44.3 Å². The number of nitrogens with zero attached hydrogens (tertiary/aromatic N) is 1. The first-order valence-corrected chi connectivity index (χ1v) is 18.4. The summed E-state index contributed by atoms with van der Waals surface area (Å²) < 4.78 is 116. The summed E-state index contributed by atoms with van der Waals surface area (Å²) in [7, 11) is -3.72. The zero-order chi connectivity index (χ0) is 34.2. The van der Waals surface area contributed by atoms with Crippen LogP contribution in [-0.4, -0.2) is 61.2 Å². The summed E-state index contributed by atoms with van der Waals surface area (Å²) in [6.07, 6.45) is 1.60. The summed E-state index contributed by atoms with van der Waals surface area (Å²) >= 11 is 0. The van der Waals surface area contributed by atoms with E-state index in [4.69, 9.17) is 0 Å². The number of aromatic hydroxyl groups is 1. The Morgan fingerprint density at radius 2 is 1.55 bits per heavy atom. The standard InChI is InChI=1S/C35H44F7NO3S/c36-26-14-16-32(33(37)24-26)31-13-5-9-25-23-28(44)15-17-29(25)30(31)12-3-1-2-4-19-43-20-6-10-27(43)11-7-21-47(45,46)22-8-18-34(38,39)35(40,41)42/h14-17,23-24,27,44H,1-13,18-22H2/t27-/m0/s1. The topological polar surface area (TPSA) is 57.6 Å². The lowest BCUT2D eigenvalue weighted by atomic mass is 9.88. The second-order valence-electron chi connectivity index (χ2n) is 12.9. The van der Waals surface area contributed by atoms with Crippen molar-refractivity contribution in [1.29, 1.82) is 0 Å². The highest BCUT2D eigenvalue weighted by atomic mass is 32.2. The maximum Gasteiger partial charge on any atom is 0.453 e. The number of allylic oxidation sites excluding steroid dienone is 2. The summed E-state index contributed by atoms with van der Waals surface area (Å²) in [4.78, 5) is 2.35. The number of unbranched alkanes of at least 4 members (excludes halogenated alkanes) is 3. The fourth-order valence-corrected chi connectivity index (χ4v) is 8.35. The van der Waals surface area contributed by atoms with Crippen LogP contribution in [0.4, 0.5) is 30.7 Å². The molecule has 2 aromatic carbocycles. The number of phenols is 1. The predicted octanol–water partition coefficient (Wildman–Crippen LogP) is 9.51. The normalized spacial score (nSPS) is 18.1. The molecule has 0 radical (unpaired) electrons. The van der Waals surface area contributed by atoms with Crippen LogP contribution < -0.4 is 0 Å². The number of aryl methyl sites for hydroxylation is 1. The molecule has 1 heterocycles. The maximum absolute atomic E-state index is 14.9. The molecule has 2 aliphatic rings. The third kappa shape index (κ3) is 10.4. The minimum atomic E-state index is -5.68. The molecular formula is C35H44F7NO3S. The molecule has 1 N–H and O–H groups in total. The van der Waals surface area contributed by atoms with Crippen LogP contribution >= 0.6 is 0 Å². The van der Waals surface area contributed by atoms with Gasteiger partial charge in [0.2, 0.25) is 0 Å². The molecule has 1 atom stereocenters. The first-order chi connectivity index (χ1) is 22.2. The number of phenolic OH excluding ortho intramolecular Hbond substituents is 1. The van der Waals surface area contributed by atoms with Crippen LogP contribution in [0.5, 0.6) is 5.75 Å². The molecule has 2 aromatic rings. The smallest absolute Gasteiger partial charge is 0.453 e. The average molecular weight is 692 g/mol. The van der Waals surface area contributed by atoms with E-state index in [1.165, 1.54) is 12.1 Å². The van der Waals surface area contributed by atoms with Gasteiger partial charge in [-0.2, -0.15) is 22.0 Å². The lowest BCUT2D eigenvalue weighted by Gasteiger charge is -2.24. The van der Waals surface area contributed by atoms with Crippen LogP contribution in [0.25, 0.3) is 11.1 Å². The Bertz CT molecular complexity index is 1490. The molecule has 1 saturated heterocycles. The molecule has 262 valence electrons. The number of halogens is 7. The van der Waals surface area contributed by atoms with E-state index in [1.807, 2.05) is 6.07 Å². The van der Waals surface area contributed by atoms with E-state index >= 15 is 0 Å². The molecule has 0 aromatic heterocycles. The van der Waals surface area contributed by atoms with Gasteiger partial charge in [0.1, 0.15) is 27.2 Å². The summed E-state index contributed by atoms with van der Waals surface area (Å²) in [6.45, 7) is 1.77. The van der Waals surface area contributed by atoms with Crippen LogP contribution in [0.15, 0.2) is 36.4 Å². The van der Waals surface area contributed by atoms with E-state index in [1.54, 1.807) is 12.1 Å². The van der Waals surface area contributed by atoms with Gasteiger partial charge in [-0.25, -0.2) is 17.2 Å². The van der Waals surface area contributed by atoms with Crippen molar-refractivity contribution in [3.63, 3.8) is 0 Å². The van der Waals surface area contributed by atoms with Gasteiger partial charge in [-0.1, -0.05) is 18.9 Å². The molecule has 47 heavy (non-hydrogen) atoms. The maximum atomic E-state index is 14.9. The molecule has 0 amide bonds. The Balaban J connectivity index is 1.24. The fourth-order valence-electron chi connectivity index (χ4n) is 6.95. The molecule has 1 fully saturated rings. The summed E-state index contributed by atoms with van der Waals surface area (Å²) in [5.41, 5.74) is 4.35. The number of likely N-dealkylation sites (tertiary alicyclic amines) is 1. The Kier molecular flexibility index (Phi) is 12.8. The number of hydrogen-bond donors (Lipinski definition) is 1. The molecular weight excluding hydrogens is 647 g/mol. The van der Waals surface area contributed by atoms with Crippen LogP contribution in [0.2, 0.25) is 0 Å². The van der Waals surface area contributed by atoms with Crippen molar-refractivity contribution in [2.75, 3.05) is 24.6 Å². The summed E-state index contributed by atoms with van der Waals surface area (Å²) in [6, 6.07) is 9.22. The highest BCUT2D eigenvalue weighted by molar-refractivity contribution is 7.91. The van der Waals surface area contributed by atoms with E-state index in [0.717, 1.165) is 99.2 Å². The van der Waals surface area contributed by atoms with Crippen molar-refractivity contribution in [1.82, 2.24) is 4.90 Å². The van der Waals surface area contributed by atoms with Gasteiger partial charge in [0.25, 0.3) is 0 Å². The molecule has 0 saturated carbocycles. The van der Waals surface area contributed by atoms with Crippen LogP contribution in [0.1, 0.15) is 100 Å². The van der Waals surface area contributed by atoms with Crippen molar-refractivity contribution in [2.45, 2.75) is 108 Å². The largest absolute Gasteiger partial charge is 0.508 e. The van der Waals surface area contributed by atoms with Crippen molar-refractivity contribution in [2.24, 2.45) is 0 Å². The molecule has 1 aliphatic carbocycles. The van der Waals surface area contributed by atoms with Crippen molar-refractivity contribution >= 4 is 21.0 Å². The summed E-state index contributed by atoms with van der Waals surface area (Å²) in [5.74, 6) is -6.81. The van der Waals surface area contributed by atoms with Gasteiger partial charge in [0.05, 0.1) is 11.5 Å². The fraction of sp³-hybridized carbons (Fsp3) is 0.600. The lowest BCUT2D eigenvalue weighted by molar-refractivity contribution is -0.284. The highest BCUT2D eigenvalue weighted by Crippen LogP contribution is 2.41. The Morgan fingerprint density at radius 1 is 0.830 bits per heavy atom. The highest BCUT2D eigenvalue weighted by Gasteiger charge is 2.56. The number of alkyl halides is 5. The minimum absolute atomic E-state index is 0.188. The van der Waals surface area contributed by atoms with Gasteiger partial charge >= 0.3 is 12.1 Å². The third-order valence-electron chi connectivity index (χ3n) is 9.38. The molecule has 4 nitrogen and oxygen atoms in total. The molecule has 4 rings (SSSR count). The van der Waals surface area contributed by atoms with Gasteiger partial charge in [0, 0.05) is 24.1 Å². The second kappa shape index (κ2) is 16.2. The number of hydrogen-bond acceptors (Lipinski definition) is 4. The molecule has 1 aliphatic heterocycles. The molecule has 12 heteroatoms. The first kappa shape index (κ1) is 37.2. The number of sulfone groups is 1. The number of benzene rings is 2. The van der Waals surface area contributed by atoms with Crippen molar-refractivity contribution in [3.05, 3.63) is 64.7 Å². The lowest BCUT2D eigenvalue weighted by Crippen LogP contribution is -2.36. The monoisotopic (exact) mass is 691 g/mol. The van der Waals surface area contributed by atoms with Gasteiger partial charge in [0.15, 0.2) is 0 Å². The molecule has 0 bridgehead atoms. The zero-order valence-corrected chi connectivity index (χ0v) is 27.4. The SMILES string of the molecule is O=S(=O)(CCC[C@@H]1CCCN1CCCCCCC1=C(c2ccc(F)cc2F)CCCc2cc(O)ccc21)CCCC(F)(F)C(F)(F)F. The van der Waals surface area contributed by atoms with E-state index in [0.29, 0.717) is 24.8 Å². The van der Waals surface area contributed by atoms with E-state index in [-0.39, 0.29) is 17.5 Å². The summed E-state index contributed by atoms with van der Waals surface area (Å²) in [5, 5.41) is 10.1. The Hall–Kier alpha value is -2.60. The van der Waals surface area contributed by atoms with Crippen LogP contribution in [0, 0.1) is 11.6 Å². The Morgan fingerprint density at radius 3 is 2.30 bits per heavy atom. The van der Waals surface area contributed by atoms with E-state index in [9.17, 15) is 44.3 Å². The van der Waals surface area contributed by atoms with E-state index < -0.39 is 52.2 Å². The van der Waals surface area contributed by atoms with Gasteiger partial charge < -0.3 is 10.0 Å². The first-order valence-electron chi connectivity index (χ1n) is 16.6. The number of rotatable bonds is 16. The molecule has 0 spiro atoms. The van der Waals surface area contributed by atoms with Gasteiger partial charge in [-0.15, -0.1) is 0 Å². The van der Waals surface area contributed by atoms with Gasteiger partial charge in [-0.3, -0.25) is 0 Å². The minimum Gasteiger partial charge on any atom is -0.508 e.